The molecule has 30 nitrogen and oxygen atoms in total. The van der Waals surface area contributed by atoms with Gasteiger partial charge in [-0.2, -0.15) is 0 Å². The fourth-order valence-corrected chi connectivity index (χ4v) is 16.0. The van der Waals surface area contributed by atoms with E-state index in [9.17, 15) is 102 Å². The number of carbonyl (C=O) groups excluding carboxylic acids is 10. The molecular weight excluding hydrogens is 1480 g/mol. The predicted octanol–water partition coefficient (Wildman–Crippen LogP) is 9.56. The Balaban J connectivity index is 0.000000144. The fourth-order valence-electron chi connectivity index (χ4n) is 11.6. The number of anilines is 2. The van der Waals surface area contributed by atoms with Gasteiger partial charge in [-0.1, -0.05) is 60.7 Å². The Morgan fingerprint density at radius 2 is 0.565 bits per heavy atom. The highest BCUT2D eigenvalue weighted by Crippen LogP contribution is 2.39. The molecule has 108 heavy (non-hydrogen) atoms. The van der Waals surface area contributed by atoms with Gasteiger partial charge in [0.1, 0.15) is 0 Å². The Morgan fingerprint density at radius 3 is 0.796 bits per heavy atom. The second kappa shape index (κ2) is 29.4. The third-order valence-corrected chi connectivity index (χ3v) is 21.9. The second-order valence-corrected chi connectivity index (χ2v) is 31.1. The van der Waals surface area contributed by atoms with Gasteiger partial charge in [0.25, 0.3) is 31.4 Å². The summed E-state index contributed by atoms with van der Waals surface area (Å²) in [7, 11) is -15.4. The number of hydrogen-bond donors (Lipinski definition) is 2. The average molecular weight is 1530 g/mol. The lowest BCUT2D eigenvalue weighted by molar-refractivity contribution is -0.385. The van der Waals surface area contributed by atoms with Gasteiger partial charge in [-0.15, -0.1) is 0 Å². The second-order valence-electron chi connectivity index (χ2n) is 23.8. The van der Waals surface area contributed by atoms with E-state index in [4.69, 9.17) is 0 Å². The molecule has 2 amide bonds. The average Bonchev–Trinajstić information content (AvgIpc) is 1.60. The van der Waals surface area contributed by atoms with Crippen molar-refractivity contribution < 1.29 is 91.5 Å². The van der Waals surface area contributed by atoms with E-state index in [1.165, 1.54) is 136 Å². The zero-order valence-electron chi connectivity index (χ0n) is 56.2. The maximum atomic E-state index is 13.2. The molecule has 0 unspecified atom stereocenters. The molecule has 10 aromatic rings. The van der Waals surface area contributed by atoms with Crippen LogP contribution >= 0.6 is 0 Å². The summed E-state index contributed by atoms with van der Waals surface area (Å²) in [6.07, 6.45) is 16.6. The molecule has 2 N–H and O–H groups in total. The molecular formula is C74H52N8O22S4. The molecule has 0 atom stereocenters. The Morgan fingerprint density at radius 1 is 0.333 bits per heavy atom. The molecule has 34 heteroatoms. The minimum atomic E-state index is -4.04. The van der Waals surface area contributed by atoms with Crippen LogP contribution in [0.4, 0.5) is 22.7 Å². The molecule has 544 valence electrons. The molecule has 6 aromatic carbocycles. The van der Waals surface area contributed by atoms with Gasteiger partial charge in [0.2, 0.25) is 78.1 Å². The maximum Gasteiger partial charge on any atom is 0.269 e. The Labute approximate surface area is 612 Å². The summed E-state index contributed by atoms with van der Waals surface area (Å²) < 4.78 is 104. The van der Waals surface area contributed by atoms with Gasteiger partial charge >= 0.3 is 0 Å². The van der Waals surface area contributed by atoms with Crippen LogP contribution < -0.4 is 10.6 Å². The lowest BCUT2D eigenvalue weighted by Crippen LogP contribution is -2.19. The van der Waals surface area contributed by atoms with Crippen molar-refractivity contribution in [1.29, 1.82) is 0 Å². The van der Waals surface area contributed by atoms with Gasteiger partial charge in [0.15, 0.2) is 0 Å². The van der Waals surface area contributed by atoms with E-state index in [0.717, 1.165) is 52.7 Å². The molecule has 0 fully saturated rings. The van der Waals surface area contributed by atoms with Crippen molar-refractivity contribution in [2.24, 2.45) is 0 Å². The SMILES string of the molecule is CC(=O)Nc1ccc(-c2cn(S(=O)(=O)c3ccccc3)c3c2C(=O)C(=O)C=C3)cc1.CC(=O)Nc1ccc(-c2cn(S(C)(=O)=O)c3c2C(=O)C(=O)C=C3)cc1.CS(=O)(=O)n1cc(-c2ccc([N+](=O)[O-])cc2)c2c1C=CC(=O)C2=O.O=C1C=Cc2c(c(-c3ccc([N+](=O)[O-])cc3)cn2S(=O)(=O)c2ccccc2)C1=O. The molecule has 0 aliphatic heterocycles. The Bertz CT molecular complexity index is 6200. The summed E-state index contributed by atoms with van der Waals surface area (Å²) in [6, 6.07) is 39.2. The number of non-ortho nitro benzene ring substituents is 2. The minimum Gasteiger partial charge on any atom is -0.326 e. The first-order valence-corrected chi connectivity index (χ1v) is 37.9. The maximum absolute atomic E-state index is 13.2. The van der Waals surface area contributed by atoms with Crippen LogP contribution in [0.2, 0.25) is 0 Å². The van der Waals surface area contributed by atoms with E-state index in [0.29, 0.717) is 44.8 Å². The zero-order chi connectivity index (χ0) is 78.2. The summed E-state index contributed by atoms with van der Waals surface area (Å²) >= 11 is 0. The van der Waals surface area contributed by atoms with E-state index < -0.39 is 96.2 Å². The molecule has 4 aromatic heterocycles. The van der Waals surface area contributed by atoms with Crippen molar-refractivity contribution in [2.75, 3.05) is 23.1 Å². The van der Waals surface area contributed by atoms with Crippen LogP contribution in [0, 0.1) is 20.2 Å². The summed E-state index contributed by atoms with van der Waals surface area (Å²) in [5.41, 5.74) is 4.27. The van der Waals surface area contributed by atoms with Crippen LogP contribution in [0.3, 0.4) is 0 Å². The monoisotopic (exact) mass is 1530 g/mol. The topological polar surface area (TPSA) is 437 Å². The molecule has 4 heterocycles. The van der Waals surface area contributed by atoms with Crippen LogP contribution in [-0.4, -0.2) is 130 Å². The van der Waals surface area contributed by atoms with Gasteiger partial charge in [-0.05, 0) is 144 Å². The van der Waals surface area contributed by atoms with Crippen molar-refractivity contribution in [3.8, 4) is 44.5 Å². The molecule has 4 aliphatic carbocycles. The lowest BCUT2D eigenvalue weighted by atomic mass is 9.94. The Hall–Kier alpha value is -13.7. The number of rotatable bonds is 14. The summed E-state index contributed by atoms with van der Waals surface area (Å²) in [6.45, 7) is 2.77. The first-order chi connectivity index (χ1) is 51.0. The minimum absolute atomic E-state index is 0.0193. The lowest BCUT2D eigenvalue weighted by Gasteiger charge is -2.11. The largest absolute Gasteiger partial charge is 0.326 e. The predicted molar refractivity (Wildman–Crippen MR) is 393 cm³/mol. The number of ketones is 8. The number of fused-ring (bicyclic) bond motifs is 4. The summed E-state index contributed by atoms with van der Waals surface area (Å²) in [5.74, 6) is -6.56. The van der Waals surface area contributed by atoms with Crippen LogP contribution in [0.25, 0.3) is 68.8 Å². The van der Waals surface area contributed by atoms with Gasteiger partial charge in [0, 0.05) is 96.5 Å². The zero-order valence-corrected chi connectivity index (χ0v) is 59.5. The van der Waals surface area contributed by atoms with Gasteiger partial charge in [-0.25, -0.2) is 49.6 Å². The van der Waals surface area contributed by atoms with Crippen molar-refractivity contribution in [1.82, 2.24) is 15.9 Å². The number of Topliss-reactive ketones (excluding diaryl/α,β-unsaturated/α-hetero) is 4. The third-order valence-electron chi connectivity index (χ3n) is 16.5. The van der Waals surface area contributed by atoms with Crippen LogP contribution in [0.15, 0.2) is 217 Å². The summed E-state index contributed by atoms with van der Waals surface area (Å²) in [5, 5.41) is 26.9. The molecule has 0 saturated carbocycles. The van der Waals surface area contributed by atoms with E-state index in [-0.39, 0.29) is 89.1 Å². The number of nitro benzene ring substituents is 2. The molecule has 4 aliphatic rings. The molecule has 0 radical (unpaired) electrons. The quantitative estimate of drug-likeness (QED) is 0.0581. The standard InChI is InChI=1S/C22H16N2O5S.C20H12N2O6S.C17H14N2O5S.C15H10N2O6S/c1-14(25)23-16-9-7-15(8-10-16)18-13-24(19-11-12-20(26)22(27)21(18)19)30(28,29)17-5-3-2-4-6-17;23-18-11-10-17-19(20(18)24)16(13-6-8-14(9-7-13)22(25)26)12-21(17)29(27,28)15-4-2-1-3-5-15;1-10(20)18-12-5-3-11(4-6-12)13-9-19(25(2,23)24)14-7-8-15(21)17(22)16(13)14;1-24(22,23)16-8-11(9-2-4-10(5-3-9)17(20)21)14-12(16)6-7-13(18)15(14)19/h2-13H,1H3,(H,23,25);1-12H;3-9H,1-2H3,(H,18,20);2-8H,1H3. The molecule has 14 rings (SSSR count). The van der Waals surface area contributed by atoms with E-state index in [1.807, 2.05) is 0 Å². The number of carbonyl (C=O) groups is 10. The smallest absolute Gasteiger partial charge is 0.269 e. The highest BCUT2D eigenvalue weighted by Gasteiger charge is 2.37. The molecule has 0 spiro atoms. The van der Waals surface area contributed by atoms with Gasteiger partial charge in [-0.3, -0.25) is 68.2 Å². The number of hydrogen-bond acceptors (Lipinski definition) is 22. The Kier molecular flexibility index (Phi) is 20.6. The summed E-state index contributed by atoms with van der Waals surface area (Å²) in [4.78, 5) is 140. The highest BCUT2D eigenvalue weighted by atomic mass is 32.2. The number of allylic oxidation sites excluding steroid dienone is 4. The van der Waals surface area contributed by atoms with Crippen molar-refractivity contribution in [3.63, 3.8) is 0 Å². The van der Waals surface area contributed by atoms with Gasteiger partial charge in [0.05, 0.1) is 77.2 Å². The van der Waals surface area contributed by atoms with Crippen LogP contribution in [0.5, 0.6) is 0 Å². The van der Waals surface area contributed by atoms with Crippen molar-refractivity contribution in [2.45, 2.75) is 23.6 Å². The number of nitrogens with one attached hydrogen (secondary N) is 2. The third kappa shape index (κ3) is 15.0. The van der Waals surface area contributed by atoms with E-state index >= 15 is 0 Å². The number of amides is 2. The van der Waals surface area contributed by atoms with Gasteiger partial charge < -0.3 is 10.6 Å². The number of aromatic nitrogens is 4. The van der Waals surface area contributed by atoms with Crippen LogP contribution in [0.1, 0.15) is 78.1 Å². The number of nitrogens with zero attached hydrogens (tertiary/aromatic N) is 6. The van der Waals surface area contributed by atoms with Crippen molar-refractivity contribution in [3.05, 3.63) is 272 Å². The fraction of sp³-hybridized carbons (Fsp3) is 0.0541. The molecule has 0 bridgehead atoms. The first kappa shape index (κ1) is 75.5. The van der Waals surface area contributed by atoms with E-state index in [1.54, 1.807) is 84.9 Å². The van der Waals surface area contributed by atoms with Crippen LogP contribution in [-0.2, 0) is 68.9 Å². The van der Waals surface area contributed by atoms with Crippen molar-refractivity contribution >= 4 is 145 Å². The normalized spacial score (nSPS) is 13.5. The number of benzene rings is 6. The highest BCUT2D eigenvalue weighted by molar-refractivity contribution is 7.90. The number of nitro groups is 2. The molecule has 0 saturated heterocycles. The first-order valence-electron chi connectivity index (χ1n) is 31.3. The van der Waals surface area contributed by atoms with E-state index in [2.05, 4.69) is 10.6 Å².